The van der Waals surface area contributed by atoms with E-state index in [0.717, 1.165) is 24.3 Å². The van der Waals surface area contributed by atoms with Gasteiger partial charge in [-0.15, -0.1) is 11.8 Å². The zero-order chi connectivity index (χ0) is 17.6. The fraction of sp³-hybridized carbons (Fsp3) is 0.455. The predicted octanol–water partition coefficient (Wildman–Crippen LogP) is 6.22. The van der Waals surface area contributed by atoms with Crippen molar-refractivity contribution in [2.45, 2.75) is 56.6 Å². The molecule has 3 rings (SSSR count). The lowest BCUT2D eigenvalue weighted by molar-refractivity contribution is -0.0933. The predicted molar refractivity (Wildman–Crippen MR) is 106 cm³/mol. The fourth-order valence-corrected chi connectivity index (χ4v) is 4.45. The molecule has 0 saturated carbocycles. The highest BCUT2D eigenvalue weighted by atomic mass is 32.2. The van der Waals surface area contributed by atoms with Crippen LogP contribution in [0, 0.1) is 0 Å². The fourth-order valence-electron chi connectivity index (χ4n) is 3.29. The van der Waals surface area contributed by atoms with Gasteiger partial charge in [-0.25, -0.2) is 0 Å². The minimum absolute atomic E-state index is 0.235. The summed E-state index contributed by atoms with van der Waals surface area (Å²) in [5.41, 5.74) is 2.72. The van der Waals surface area contributed by atoms with E-state index < -0.39 is 0 Å². The van der Waals surface area contributed by atoms with Crippen LogP contribution in [-0.4, -0.2) is 18.6 Å². The van der Waals surface area contributed by atoms with Crippen LogP contribution < -0.4 is 4.74 Å². The standard InChI is InChI=1S/C22H28O2S/c1-4-16(3)17-10-12-18(13-11-17)24-22(23-5-2)20-14-15-25-21-9-7-6-8-19(20)21/h6-13,16,20,22H,4-5,14-15H2,1-3H3. The molecule has 0 bridgehead atoms. The third kappa shape index (κ3) is 4.39. The second-order valence-electron chi connectivity index (χ2n) is 6.60. The van der Waals surface area contributed by atoms with E-state index in [0.29, 0.717) is 12.5 Å². The minimum Gasteiger partial charge on any atom is -0.464 e. The molecule has 0 spiro atoms. The molecule has 3 heteroatoms. The molecular weight excluding hydrogens is 328 g/mol. The Balaban J connectivity index is 1.78. The van der Waals surface area contributed by atoms with Gasteiger partial charge in [0.1, 0.15) is 5.75 Å². The SMILES string of the molecule is CCOC(Oc1ccc(C(C)CC)cc1)C1CCSc2ccccc21. The first-order chi connectivity index (χ1) is 12.2. The Kier molecular flexibility index (Phi) is 6.44. The van der Waals surface area contributed by atoms with E-state index in [1.165, 1.54) is 16.0 Å². The van der Waals surface area contributed by atoms with Gasteiger partial charge >= 0.3 is 0 Å². The van der Waals surface area contributed by atoms with Gasteiger partial charge in [0.15, 0.2) is 0 Å². The lowest BCUT2D eigenvalue weighted by atomic mass is 9.95. The van der Waals surface area contributed by atoms with Gasteiger partial charge in [-0.05, 0) is 60.8 Å². The Morgan fingerprint density at radius 2 is 1.84 bits per heavy atom. The van der Waals surface area contributed by atoms with Crippen molar-refractivity contribution in [1.29, 1.82) is 0 Å². The summed E-state index contributed by atoms with van der Waals surface area (Å²) in [5.74, 6) is 2.87. The molecule has 1 aliphatic rings. The van der Waals surface area contributed by atoms with Crippen LogP contribution in [0.1, 0.15) is 56.6 Å². The molecule has 2 aromatic carbocycles. The third-order valence-electron chi connectivity index (χ3n) is 4.98. The normalized spacial score (nSPS) is 19.1. The largest absolute Gasteiger partial charge is 0.464 e. The van der Waals surface area contributed by atoms with Crippen LogP contribution in [0.3, 0.4) is 0 Å². The van der Waals surface area contributed by atoms with E-state index in [1.807, 2.05) is 18.7 Å². The van der Waals surface area contributed by atoms with E-state index in [9.17, 15) is 0 Å². The Hall–Kier alpha value is -1.45. The summed E-state index contributed by atoms with van der Waals surface area (Å²) in [7, 11) is 0. The van der Waals surface area contributed by atoms with E-state index >= 15 is 0 Å². The summed E-state index contributed by atoms with van der Waals surface area (Å²) in [4.78, 5) is 1.36. The number of hydrogen-bond donors (Lipinski definition) is 0. The van der Waals surface area contributed by atoms with Crippen molar-refractivity contribution in [1.82, 2.24) is 0 Å². The zero-order valence-corrected chi connectivity index (χ0v) is 16.2. The summed E-state index contributed by atoms with van der Waals surface area (Å²) in [5, 5.41) is 0. The topological polar surface area (TPSA) is 18.5 Å². The molecule has 1 heterocycles. The molecule has 3 unspecified atom stereocenters. The summed E-state index contributed by atoms with van der Waals surface area (Å²) >= 11 is 1.93. The van der Waals surface area contributed by atoms with Crippen molar-refractivity contribution >= 4 is 11.8 Å². The lowest BCUT2D eigenvalue weighted by Crippen LogP contribution is -2.30. The molecule has 2 nitrogen and oxygen atoms in total. The van der Waals surface area contributed by atoms with Gasteiger partial charge in [-0.1, -0.05) is 44.2 Å². The molecule has 3 atom stereocenters. The van der Waals surface area contributed by atoms with Gasteiger partial charge in [-0.3, -0.25) is 0 Å². The van der Waals surface area contributed by atoms with Crippen LogP contribution in [0.4, 0.5) is 0 Å². The second kappa shape index (κ2) is 8.77. The molecule has 2 aromatic rings. The average Bonchev–Trinajstić information content (AvgIpc) is 2.67. The first-order valence-electron chi connectivity index (χ1n) is 9.32. The van der Waals surface area contributed by atoms with Gasteiger partial charge in [0.2, 0.25) is 6.29 Å². The van der Waals surface area contributed by atoms with Gasteiger partial charge in [0, 0.05) is 17.4 Å². The van der Waals surface area contributed by atoms with Crippen molar-refractivity contribution in [3.05, 3.63) is 59.7 Å². The van der Waals surface area contributed by atoms with E-state index in [4.69, 9.17) is 9.47 Å². The molecule has 0 N–H and O–H groups in total. The molecule has 0 aromatic heterocycles. The van der Waals surface area contributed by atoms with E-state index in [1.54, 1.807) is 0 Å². The number of hydrogen-bond acceptors (Lipinski definition) is 3. The average molecular weight is 357 g/mol. The van der Waals surface area contributed by atoms with Gasteiger partial charge in [0.25, 0.3) is 0 Å². The maximum Gasteiger partial charge on any atom is 0.206 e. The quantitative estimate of drug-likeness (QED) is 0.549. The summed E-state index contributed by atoms with van der Waals surface area (Å²) < 4.78 is 12.3. The first-order valence-corrected chi connectivity index (χ1v) is 10.3. The molecule has 0 amide bonds. The highest BCUT2D eigenvalue weighted by Crippen LogP contribution is 2.40. The summed E-state index contributed by atoms with van der Waals surface area (Å²) in [6.45, 7) is 7.17. The van der Waals surface area contributed by atoms with Crippen LogP contribution in [0.5, 0.6) is 5.75 Å². The first kappa shape index (κ1) is 18.3. The molecule has 0 fully saturated rings. The molecule has 0 aliphatic carbocycles. The molecular formula is C22H28O2S. The lowest BCUT2D eigenvalue weighted by Gasteiger charge is -2.32. The molecule has 25 heavy (non-hydrogen) atoms. The Bertz CT molecular complexity index is 668. The van der Waals surface area contributed by atoms with Crippen molar-refractivity contribution in [2.75, 3.05) is 12.4 Å². The highest BCUT2D eigenvalue weighted by Gasteiger charge is 2.30. The smallest absolute Gasteiger partial charge is 0.206 e. The third-order valence-corrected chi connectivity index (χ3v) is 6.10. The van der Waals surface area contributed by atoms with Crippen molar-refractivity contribution < 1.29 is 9.47 Å². The van der Waals surface area contributed by atoms with Crippen LogP contribution in [0.25, 0.3) is 0 Å². The van der Waals surface area contributed by atoms with E-state index in [-0.39, 0.29) is 12.2 Å². The van der Waals surface area contributed by atoms with Crippen molar-refractivity contribution in [2.24, 2.45) is 0 Å². The monoisotopic (exact) mass is 356 g/mol. The summed E-state index contributed by atoms with van der Waals surface area (Å²) in [6.07, 6.45) is 2.00. The number of fused-ring (bicyclic) bond motifs is 1. The number of ether oxygens (including phenoxy) is 2. The minimum atomic E-state index is -0.235. The molecule has 0 radical (unpaired) electrons. The number of thioether (sulfide) groups is 1. The van der Waals surface area contributed by atoms with Gasteiger partial charge < -0.3 is 9.47 Å². The van der Waals surface area contributed by atoms with Crippen LogP contribution in [0.15, 0.2) is 53.4 Å². The zero-order valence-electron chi connectivity index (χ0n) is 15.4. The Morgan fingerprint density at radius 3 is 2.56 bits per heavy atom. The van der Waals surface area contributed by atoms with E-state index in [2.05, 4.69) is 62.4 Å². The molecule has 1 aliphatic heterocycles. The number of benzene rings is 2. The van der Waals surface area contributed by atoms with Crippen molar-refractivity contribution in [3.8, 4) is 5.75 Å². The van der Waals surface area contributed by atoms with Gasteiger partial charge in [-0.2, -0.15) is 0 Å². The van der Waals surface area contributed by atoms with Crippen LogP contribution in [-0.2, 0) is 4.74 Å². The molecule has 134 valence electrons. The Morgan fingerprint density at radius 1 is 1.08 bits per heavy atom. The maximum absolute atomic E-state index is 6.29. The number of rotatable bonds is 7. The molecule has 0 saturated heterocycles. The maximum atomic E-state index is 6.29. The van der Waals surface area contributed by atoms with Crippen molar-refractivity contribution in [3.63, 3.8) is 0 Å². The van der Waals surface area contributed by atoms with Gasteiger partial charge in [0.05, 0.1) is 0 Å². The van der Waals surface area contributed by atoms with Crippen LogP contribution >= 0.6 is 11.8 Å². The summed E-state index contributed by atoms with van der Waals surface area (Å²) in [6, 6.07) is 17.2. The Labute approximate surface area is 155 Å². The van der Waals surface area contributed by atoms with Crippen LogP contribution in [0.2, 0.25) is 0 Å². The highest BCUT2D eigenvalue weighted by molar-refractivity contribution is 7.99. The second-order valence-corrected chi connectivity index (χ2v) is 7.74.